The Balaban J connectivity index is 1.69. The number of anilines is 2. The Morgan fingerprint density at radius 1 is 1.17 bits per heavy atom. The van der Waals surface area contributed by atoms with E-state index < -0.39 is 0 Å². The van der Waals surface area contributed by atoms with Crippen LogP contribution in [0.2, 0.25) is 0 Å². The normalized spacial score (nSPS) is 14.3. The van der Waals surface area contributed by atoms with Gasteiger partial charge in [-0.15, -0.1) is 0 Å². The van der Waals surface area contributed by atoms with Gasteiger partial charge in [-0.25, -0.2) is 9.97 Å². The van der Waals surface area contributed by atoms with Gasteiger partial charge in [0.1, 0.15) is 5.75 Å². The first-order valence-electron chi connectivity index (χ1n) is 8.38. The summed E-state index contributed by atoms with van der Waals surface area (Å²) < 4.78 is 5.52. The van der Waals surface area contributed by atoms with E-state index in [0.29, 0.717) is 29.6 Å². The van der Waals surface area contributed by atoms with Crippen molar-refractivity contribution in [2.45, 2.75) is 26.2 Å². The SMILES string of the molecule is CCOc1ccccc1NC(=O)c1cnc(N2CCCCC2)nc1. The van der Waals surface area contributed by atoms with Gasteiger partial charge in [0.15, 0.2) is 0 Å². The molecule has 6 nitrogen and oxygen atoms in total. The summed E-state index contributed by atoms with van der Waals surface area (Å²) in [4.78, 5) is 23.3. The zero-order valence-electron chi connectivity index (χ0n) is 13.9. The highest BCUT2D eigenvalue weighted by molar-refractivity contribution is 6.04. The van der Waals surface area contributed by atoms with E-state index in [1.807, 2.05) is 31.2 Å². The molecule has 1 aromatic carbocycles. The van der Waals surface area contributed by atoms with Crippen molar-refractivity contribution in [1.82, 2.24) is 9.97 Å². The van der Waals surface area contributed by atoms with Crippen LogP contribution in [0.3, 0.4) is 0 Å². The van der Waals surface area contributed by atoms with Crippen LogP contribution >= 0.6 is 0 Å². The summed E-state index contributed by atoms with van der Waals surface area (Å²) in [6.07, 6.45) is 6.75. The maximum absolute atomic E-state index is 12.4. The smallest absolute Gasteiger partial charge is 0.258 e. The van der Waals surface area contributed by atoms with Crippen LogP contribution in [0.4, 0.5) is 11.6 Å². The molecule has 1 N–H and O–H groups in total. The summed E-state index contributed by atoms with van der Waals surface area (Å²) in [5.41, 5.74) is 1.08. The second-order valence-electron chi connectivity index (χ2n) is 5.70. The molecule has 0 spiro atoms. The van der Waals surface area contributed by atoms with E-state index in [-0.39, 0.29) is 5.91 Å². The van der Waals surface area contributed by atoms with Gasteiger partial charge in [-0.2, -0.15) is 0 Å². The van der Waals surface area contributed by atoms with Crippen LogP contribution in [0.5, 0.6) is 5.75 Å². The maximum atomic E-state index is 12.4. The third kappa shape index (κ3) is 3.82. The predicted octanol–water partition coefficient (Wildman–Crippen LogP) is 3.12. The summed E-state index contributed by atoms with van der Waals surface area (Å²) in [5.74, 6) is 1.10. The summed E-state index contributed by atoms with van der Waals surface area (Å²) in [6, 6.07) is 7.37. The predicted molar refractivity (Wildman–Crippen MR) is 93.7 cm³/mol. The Morgan fingerprint density at radius 3 is 2.58 bits per heavy atom. The Morgan fingerprint density at radius 2 is 1.88 bits per heavy atom. The van der Waals surface area contributed by atoms with E-state index in [1.165, 1.54) is 19.3 Å². The fourth-order valence-electron chi connectivity index (χ4n) is 2.74. The van der Waals surface area contributed by atoms with Crippen LogP contribution < -0.4 is 15.0 Å². The average Bonchev–Trinajstić information content (AvgIpc) is 2.64. The van der Waals surface area contributed by atoms with Crippen LogP contribution in [0.25, 0.3) is 0 Å². The van der Waals surface area contributed by atoms with Gasteiger partial charge in [0.05, 0.1) is 17.9 Å². The first kappa shape index (κ1) is 16.2. The number of nitrogens with one attached hydrogen (secondary N) is 1. The Bertz CT molecular complexity index is 682. The van der Waals surface area contributed by atoms with Crippen LogP contribution in [-0.2, 0) is 0 Å². The van der Waals surface area contributed by atoms with E-state index in [2.05, 4.69) is 20.2 Å². The number of carbonyl (C=O) groups excluding carboxylic acids is 1. The van der Waals surface area contributed by atoms with Crippen LogP contribution in [-0.4, -0.2) is 35.6 Å². The molecule has 6 heteroatoms. The van der Waals surface area contributed by atoms with E-state index in [0.717, 1.165) is 13.1 Å². The van der Waals surface area contributed by atoms with Crippen molar-refractivity contribution < 1.29 is 9.53 Å². The highest BCUT2D eigenvalue weighted by atomic mass is 16.5. The molecule has 1 aromatic heterocycles. The minimum atomic E-state index is -0.243. The number of carbonyl (C=O) groups is 1. The Hall–Kier alpha value is -2.63. The van der Waals surface area contributed by atoms with E-state index in [4.69, 9.17) is 4.74 Å². The molecule has 0 aliphatic carbocycles. The monoisotopic (exact) mass is 326 g/mol. The van der Waals surface area contributed by atoms with Gasteiger partial charge in [0, 0.05) is 25.5 Å². The topological polar surface area (TPSA) is 67.3 Å². The van der Waals surface area contributed by atoms with Gasteiger partial charge in [-0.3, -0.25) is 4.79 Å². The van der Waals surface area contributed by atoms with Crippen molar-refractivity contribution in [2.75, 3.05) is 29.9 Å². The number of rotatable bonds is 5. The van der Waals surface area contributed by atoms with Crippen molar-refractivity contribution in [1.29, 1.82) is 0 Å². The highest BCUT2D eigenvalue weighted by Gasteiger charge is 2.15. The molecule has 0 unspecified atom stereocenters. The van der Waals surface area contributed by atoms with Gasteiger partial charge >= 0.3 is 0 Å². The fourth-order valence-corrected chi connectivity index (χ4v) is 2.74. The van der Waals surface area contributed by atoms with Gasteiger partial charge in [0.25, 0.3) is 5.91 Å². The molecule has 1 amide bonds. The summed E-state index contributed by atoms with van der Waals surface area (Å²) in [6.45, 7) is 4.41. The second kappa shape index (κ2) is 7.77. The summed E-state index contributed by atoms with van der Waals surface area (Å²) in [5, 5.41) is 2.85. The Labute approximate surface area is 141 Å². The number of ether oxygens (including phenoxy) is 1. The fraction of sp³-hybridized carbons (Fsp3) is 0.389. The number of aromatic nitrogens is 2. The van der Waals surface area contributed by atoms with Gasteiger partial charge in [0.2, 0.25) is 5.95 Å². The van der Waals surface area contributed by atoms with E-state index in [1.54, 1.807) is 12.4 Å². The molecular weight excluding hydrogens is 304 g/mol. The van der Waals surface area contributed by atoms with Gasteiger partial charge in [-0.1, -0.05) is 12.1 Å². The quantitative estimate of drug-likeness (QED) is 0.914. The third-order valence-electron chi connectivity index (χ3n) is 3.97. The summed E-state index contributed by atoms with van der Waals surface area (Å²) in [7, 11) is 0. The molecule has 1 aliphatic rings. The first-order chi connectivity index (χ1) is 11.8. The zero-order valence-corrected chi connectivity index (χ0v) is 13.9. The molecule has 126 valence electrons. The van der Waals surface area contributed by atoms with E-state index in [9.17, 15) is 4.79 Å². The van der Waals surface area contributed by atoms with Crippen molar-refractivity contribution in [3.63, 3.8) is 0 Å². The lowest BCUT2D eigenvalue weighted by Crippen LogP contribution is -2.31. The molecule has 2 heterocycles. The largest absolute Gasteiger partial charge is 0.492 e. The van der Waals surface area contributed by atoms with Gasteiger partial charge in [-0.05, 0) is 38.3 Å². The lowest BCUT2D eigenvalue weighted by atomic mass is 10.1. The van der Waals surface area contributed by atoms with Crippen LogP contribution in [0, 0.1) is 0 Å². The second-order valence-corrected chi connectivity index (χ2v) is 5.70. The van der Waals surface area contributed by atoms with Crippen molar-refractivity contribution in [3.05, 3.63) is 42.2 Å². The maximum Gasteiger partial charge on any atom is 0.258 e. The molecule has 0 bridgehead atoms. The molecule has 0 atom stereocenters. The summed E-state index contributed by atoms with van der Waals surface area (Å²) >= 11 is 0. The Kier molecular flexibility index (Phi) is 5.25. The highest BCUT2D eigenvalue weighted by Crippen LogP contribution is 2.24. The first-order valence-corrected chi connectivity index (χ1v) is 8.38. The lowest BCUT2D eigenvalue weighted by Gasteiger charge is -2.26. The number of nitrogens with zero attached hydrogens (tertiary/aromatic N) is 3. The molecule has 1 aliphatic heterocycles. The number of para-hydroxylation sites is 2. The minimum Gasteiger partial charge on any atom is -0.492 e. The van der Waals surface area contributed by atoms with Crippen LogP contribution in [0.1, 0.15) is 36.5 Å². The van der Waals surface area contributed by atoms with Crippen molar-refractivity contribution in [3.8, 4) is 5.75 Å². The molecule has 1 saturated heterocycles. The third-order valence-corrected chi connectivity index (χ3v) is 3.97. The standard InChI is InChI=1S/C18H22N4O2/c1-2-24-16-9-5-4-8-15(16)21-17(23)14-12-19-18(20-13-14)22-10-6-3-7-11-22/h4-5,8-9,12-13H,2-3,6-7,10-11H2,1H3,(H,21,23). The number of hydrogen-bond donors (Lipinski definition) is 1. The minimum absolute atomic E-state index is 0.243. The number of piperidine rings is 1. The van der Waals surface area contributed by atoms with E-state index >= 15 is 0 Å². The molecule has 0 saturated carbocycles. The molecular formula is C18H22N4O2. The number of hydrogen-bond acceptors (Lipinski definition) is 5. The molecule has 1 fully saturated rings. The van der Waals surface area contributed by atoms with Crippen LogP contribution in [0.15, 0.2) is 36.7 Å². The van der Waals surface area contributed by atoms with Gasteiger partial charge < -0.3 is 15.0 Å². The molecule has 2 aromatic rings. The number of benzene rings is 1. The lowest BCUT2D eigenvalue weighted by molar-refractivity contribution is 0.102. The van der Waals surface area contributed by atoms with Crippen molar-refractivity contribution in [2.24, 2.45) is 0 Å². The zero-order chi connectivity index (χ0) is 16.8. The van der Waals surface area contributed by atoms with Crippen molar-refractivity contribution >= 4 is 17.5 Å². The molecule has 24 heavy (non-hydrogen) atoms. The average molecular weight is 326 g/mol. The molecule has 0 radical (unpaired) electrons. The molecule has 3 rings (SSSR count). The number of amides is 1.